The van der Waals surface area contributed by atoms with Crippen molar-refractivity contribution in [3.63, 3.8) is 0 Å². The lowest BCUT2D eigenvalue weighted by molar-refractivity contribution is -0.116. The smallest absolute Gasteiger partial charge is 0.225 e. The van der Waals surface area contributed by atoms with Crippen molar-refractivity contribution in [2.75, 3.05) is 19.0 Å². The number of amides is 1. The molecule has 0 radical (unpaired) electrons. The Balaban J connectivity index is 2.49. The molecule has 0 fully saturated rings. The minimum atomic E-state index is 0.00621. The summed E-state index contributed by atoms with van der Waals surface area (Å²) in [5, 5.41) is 6.05. The third kappa shape index (κ3) is 4.87. The van der Waals surface area contributed by atoms with E-state index in [-0.39, 0.29) is 11.9 Å². The molecule has 17 heavy (non-hydrogen) atoms. The van der Waals surface area contributed by atoms with Crippen molar-refractivity contribution >= 4 is 11.6 Å². The maximum atomic E-state index is 11.7. The van der Waals surface area contributed by atoms with E-state index in [1.807, 2.05) is 32.0 Å². The Bertz CT molecular complexity index is 366. The molecule has 0 bridgehead atoms. The van der Waals surface area contributed by atoms with Gasteiger partial charge in [-0.3, -0.25) is 4.79 Å². The molecule has 0 saturated carbocycles. The van der Waals surface area contributed by atoms with E-state index in [9.17, 15) is 4.79 Å². The van der Waals surface area contributed by atoms with Crippen LogP contribution in [0.15, 0.2) is 24.3 Å². The zero-order valence-corrected chi connectivity index (χ0v) is 10.6. The zero-order chi connectivity index (χ0) is 12.7. The molecule has 1 aromatic rings. The molecule has 94 valence electrons. The van der Waals surface area contributed by atoms with Gasteiger partial charge in [0.1, 0.15) is 5.75 Å². The van der Waals surface area contributed by atoms with Gasteiger partial charge >= 0.3 is 0 Å². The van der Waals surface area contributed by atoms with E-state index in [1.54, 1.807) is 13.2 Å². The Morgan fingerprint density at radius 1 is 1.47 bits per heavy atom. The fourth-order valence-corrected chi connectivity index (χ4v) is 1.61. The number of rotatable bonds is 6. The molecule has 0 aromatic heterocycles. The van der Waals surface area contributed by atoms with E-state index < -0.39 is 0 Å². The third-order valence-electron chi connectivity index (χ3n) is 2.40. The minimum Gasteiger partial charge on any atom is -0.497 e. The lowest BCUT2D eigenvalue weighted by Crippen LogP contribution is -2.30. The number of nitrogens with one attached hydrogen (secondary N) is 2. The Hall–Kier alpha value is -1.55. The van der Waals surface area contributed by atoms with Gasteiger partial charge in [0.2, 0.25) is 5.91 Å². The largest absolute Gasteiger partial charge is 0.497 e. The molecule has 2 N–H and O–H groups in total. The van der Waals surface area contributed by atoms with E-state index in [0.29, 0.717) is 6.42 Å². The first kappa shape index (κ1) is 13.5. The molecule has 1 atom stereocenters. The number of carbonyl (C=O) groups is 1. The van der Waals surface area contributed by atoms with Gasteiger partial charge in [-0.2, -0.15) is 0 Å². The summed E-state index contributed by atoms with van der Waals surface area (Å²) in [5.74, 6) is 0.745. The molecule has 0 saturated heterocycles. The number of ether oxygens (including phenoxy) is 1. The molecule has 0 aliphatic heterocycles. The highest BCUT2D eigenvalue weighted by molar-refractivity contribution is 5.91. The number of hydrogen-bond donors (Lipinski definition) is 2. The Labute approximate surface area is 102 Å². The summed E-state index contributed by atoms with van der Waals surface area (Å²) < 4.78 is 5.09. The summed E-state index contributed by atoms with van der Waals surface area (Å²) in [6, 6.07) is 7.53. The van der Waals surface area contributed by atoms with E-state index in [0.717, 1.165) is 18.0 Å². The fourth-order valence-electron chi connectivity index (χ4n) is 1.61. The molecule has 1 rings (SSSR count). The fraction of sp³-hybridized carbons (Fsp3) is 0.462. The van der Waals surface area contributed by atoms with Crippen LogP contribution < -0.4 is 15.4 Å². The van der Waals surface area contributed by atoms with Crippen LogP contribution in [0.5, 0.6) is 5.75 Å². The average Bonchev–Trinajstić information content (AvgIpc) is 2.29. The van der Waals surface area contributed by atoms with Crippen molar-refractivity contribution in [3.8, 4) is 5.75 Å². The summed E-state index contributed by atoms with van der Waals surface area (Å²) in [7, 11) is 1.61. The molecule has 0 heterocycles. The van der Waals surface area contributed by atoms with E-state index >= 15 is 0 Å². The summed E-state index contributed by atoms with van der Waals surface area (Å²) in [6.45, 7) is 4.89. The quantitative estimate of drug-likeness (QED) is 0.794. The van der Waals surface area contributed by atoms with Crippen molar-refractivity contribution in [2.24, 2.45) is 0 Å². The molecule has 1 unspecified atom stereocenters. The maximum absolute atomic E-state index is 11.7. The molecule has 4 nitrogen and oxygen atoms in total. The van der Waals surface area contributed by atoms with Crippen molar-refractivity contribution in [1.29, 1.82) is 0 Å². The average molecular weight is 236 g/mol. The standard InChI is InChI=1S/C13H20N2O2/c1-4-14-10(2)8-13(16)15-11-6-5-7-12(9-11)17-3/h5-7,9-10,14H,4,8H2,1-3H3,(H,15,16). The predicted molar refractivity (Wildman–Crippen MR) is 69.4 cm³/mol. The van der Waals surface area contributed by atoms with Crippen LogP contribution >= 0.6 is 0 Å². The Kier molecular flexibility index (Phi) is 5.49. The van der Waals surface area contributed by atoms with E-state index in [1.165, 1.54) is 0 Å². The lowest BCUT2D eigenvalue weighted by Gasteiger charge is -2.12. The third-order valence-corrected chi connectivity index (χ3v) is 2.40. The molecule has 0 aliphatic rings. The van der Waals surface area contributed by atoms with Crippen LogP contribution in [-0.4, -0.2) is 25.6 Å². The van der Waals surface area contributed by atoms with Crippen LogP contribution in [0.2, 0.25) is 0 Å². The number of anilines is 1. The number of hydrogen-bond acceptors (Lipinski definition) is 3. The number of methoxy groups -OCH3 is 1. The first-order valence-corrected chi connectivity index (χ1v) is 5.83. The molecule has 0 spiro atoms. The number of benzene rings is 1. The molecular weight excluding hydrogens is 216 g/mol. The van der Waals surface area contributed by atoms with Gasteiger partial charge < -0.3 is 15.4 Å². The van der Waals surface area contributed by atoms with Gasteiger partial charge in [-0.1, -0.05) is 13.0 Å². The predicted octanol–water partition coefficient (Wildman–Crippen LogP) is 2.02. The summed E-state index contributed by atoms with van der Waals surface area (Å²) in [5.41, 5.74) is 0.762. The Morgan fingerprint density at radius 2 is 2.24 bits per heavy atom. The summed E-state index contributed by atoms with van der Waals surface area (Å²) >= 11 is 0. The zero-order valence-electron chi connectivity index (χ0n) is 10.6. The van der Waals surface area contributed by atoms with Gasteiger partial charge in [0.05, 0.1) is 7.11 Å². The first-order chi connectivity index (χ1) is 8.15. The molecule has 1 amide bonds. The lowest BCUT2D eigenvalue weighted by atomic mass is 10.2. The Morgan fingerprint density at radius 3 is 2.88 bits per heavy atom. The second kappa shape index (κ2) is 6.91. The van der Waals surface area contributed by atoms with Crippen LogP contribution in [0, 0.1) is 0 Å². The van der Waals surface area contributed by atoms with Crippen molar-refractivity contribution in [1.82, 2.24) is 5.32 Å². The van der Waals surface area contributed by atoms with Gasteiger partial charge in [-0.15, -0.1) is 0 Å². The van der Waals surface area contributed by atoms with Gasteiger partial charge in [0, 0.05) is 24.2 Å². The van der Waals surface area contributed by atoms with Crippen molar-refractivity contribution in [2.45, 2.75) is 26.3 Å². The highest BCUT2D eigenvalue weighted by Gasteiger charge is 2.08. The van der Waals surface area contributed by atoms with Gasteiger partial charge in [-0.05, 0) is 25.6 Å². The van der Waals surface area contributed by atoms with Gasteiger partial charge in [-0.25, -0.2) is 0 Å². The first-order valence-electron chi connectivity index (χ1n) is 5.83. The maximum Gasteiger partial charge on any atom is 0.225 e. The van der Waals surface area contributed by atoms with Crippen LogP contribution in [0.25, 0.3) is 0 Å². The van der Waals surface area contributed by atoms with Crippen molar-refractivity contribution in [3.05, 3.63) is 24.3 Å². The SMILES string of the molecule is CCNC(C)CC(=O)Nc1cccc(OC)c1. The summed E-state index contributed by atoms with van der Waals surface area (Å²) in [6.07, 6.45) is 0.463. The van der Waals surface area contributed by atoms with Gasteiger partial charge in [0.15, 0.2) is 0 Å². The monoisotopic (exact) mass is 236 g/mol. The van der Waals surface area contributed by atoms with Crippen LogP contribution in [0.1, 0.15) is 20.3 Å². The minimum absolute atomic E-state index is 0.00621. The molecule has 1 aromatic carbocycles. The number of carbonyl (C=O) groups excluding carboxylic acids is 1. The van der Waals surface area contributed by atoms with Crippen LogP contribution in [-0.2, 0) is 4.79 Å². The topological polar surface area (TPSA) is 50.4 Å². The second-order valence-corrected chi connectivity index (χ2v) is 3.94. The molecule has 0 aliphatic carbocycles. The van der Waals surface area contributed by atoms with E-state index in [4.69, 9.17) is 4.74 Å². The van der Waals surface area contributed by atoms with Crippen LogP contribution in [0.3, 0.4) is 0 Å². The second-order valence-electron chi connectivity index (χ2n) is 3.94. The summed E-state index contributed by atoms with van der Waals surface area (Å²) in [4.78, 5) is 11.7. The highest BCUT2D eigenvalue weighted by atomic mass is 16.5. The highest BCUT2D eigenvalue weighted by Crippen LogP contribution is 2.16. The molecule has 4 heteroatoms. The van der Waals surface area contributed by atoms with Crippen molar-refractivity contribution < 1.29 is 9.53 Å². The van der Waals surface area contributed by atoms with Crippen LogP contribution in [0.4, 0.5) is 5.69 Å². The van der Waals surface area contributed by atoms with Gasteiger partial charge in [0.25, 0.3) is 0 Å². The normalized spacial score (nSPS) is 11.9. The molecular formula is C13H20N2O2. The van der Waals surface area contributed by atoms with E-state index in [2.05, 4.69) is 10.6 Å².